The molecule has 1 aromatic carbocycles. The van der Waals surface area contributed by atoms with Gasteiger partial charge >= 0.3 is 0 Å². The molecular weight excluding hydrogens is 233 g/mol. The lowest BCUT2D eigenvalue weighted by molar-refractivity contribution is 0.0594. The van der Waals surface area contributed by atoms with E-state index >= 15 is 0 Å². The van der Waals surface area contributed by atoms with Crippen LogP contribution in [0.4, 0.5) is 4.39 Å². The van der Waals surface area contributed by atoms with E-state index in [0.717, 1.165) is 13.0 Å². The van der Waals surface area contributed by atoms with Gasteiger partial charge in [0, 0.05) is 13.0 Å². The van der Waals surface area contributed by atoms with Crippen molar-refractivity contribution >= 4 is 0 Å². The van der Waals surface area contributed by atoms with Crippen molar-refractivity contribution in [2.24, 2.45) is 0 Å². The quantitative estimate of drug-likeness (QED) is 0.733. The highest BCUT2D eigenvalue weighted by molar-refractivity contribution is 5.31. The second-order valence-electron chi connectivity index (χ2n) is 4.78. The van der Waals surface area contributed by atoms with E-state index in [1.165, 1.54) is 7.11 Å². The molecule has 0 radical (unpaired) electrons. The van der Waals surface area contributed by atoms with Gasteiger partial charge in [-0.2, -0.15) is 0 Å². The Morgan fingerprint density at radius 1 is 1.44 bits per heavy atom. The van der Waals surface area contributed by atoms with E-state index in [9.17, 15) is 9.50 Å². The summed E-state index contributed by atoms with van der Waals surface area (Å²) in [5.74, 6) is -0.180. The molecule has 4 heteroatoms. The fourth-order valence-electron chi connectivity index (χ4n) is 1.86. The summed E-state index contributed by atoms with van der Waals surface area (Å²) in [5.41, 5.74) is -0.500. The lowest BCUT2D eigenvalue weighted by Crippen LogP contribution is -2.40. The van der Waals surface area contributed by atoms with Crippen LogP contribution in [0.1, 0.15) is 25.8 Å². The molecule has 0 saturated heterocycles. The average Bonchev–Trinajstić information content (AvgIpc) is 2.32. The topological polar surface area (TPSA) is 41.5 Å². The van der Waals surface area contributed by atoms with Crippen molar-refractivity contribution in [1.29, 1.82) is 0 Å². The highest BCUT2D eigenvalue weighted by atomic mass is 19.1. The normalized spacial score (nSPS) is 14.3. The molecule has 0 aromatic heterocycles. The molecule has 0 bridgehead atoms. The Morgan fingerprint density at radius 2 is 2.17 bits per heavy atom. The maximum atomic E-state index is 13.9. The fourth-order valence-corrected chi connectivity index (χ4v) is 1.86. The molecule has 102 valence electrons. The summed E-state index contributed by atoms with van der Waals surface area (Å²) in [6.45, 7) is 5.05. The van der Waals surface area contributed by atoms with Crippen LogP contribution in [0.2, 0.25) is 0 Å². The van der Waals surface area contributed by atoms with Gasteiger partial charge in [-0.25, -0.2) is 4.39 Å². The zero-order valence-corrected chi connectivity index (χ0v) is 11.3. The Morgan fingerprint density at radius 3 is 2.78 bits per heavy atom. The van der Waals surface area contributed by atoms with Crippen LogP contribution >= 0.6 is 0 Å². The molecule has 0 spiro atoms. The van der Waals surface area contributed by atoms with Gasteiger partial charge in [-0.05, 0) is 31.5 Å². The Balaban J connectivity index is 2.71. The molecule has 2 N–H and O–H groups in total. The standard InChI is InChI=1S/C14H22FNO2/c1-4-8-16-10-14(2,17)9-11-6-5-7-12(18-3)13(11)15/h5-7,16-17H,4,8-10H2,1-3H3. The molecule has 3 nitrogen and oxygen atoms in total. The number of ether oxygens (including phenoxy) is 1. The van der Waals surface area contributed by atoms with Crippen LogP contribution in [0.15, 0.2) is 18.2 Å². The van der Waals surface area contributed by atoms with Crippen molar-refractivity contribution in [1.82, 2.24) is 5.32 Å². The van der Waals surface area contributed by atoms with E-state index in [1.54, 1.807) is 25.1 Å². The third-order valence-corrected chi connectivity index (χ3v) is 2.77. The zero-order chi connectivity index (χ0) is 13.6. The van der Waals surface area contributed by atoms with Gasteiger partial charge in [0.25, 0.3) is 0 Å². The molecule has 1 rings (SSSR count). The zero-order valence-electron chi connectivity index (χ0n) is 11.3. The number of methoxy groups -OCH3 is 1. The van der Waals surface area contributed by atoms with Crippen molar-refractivity contribution in [3.63, 3.8) is 0 Å². The Kier molecular flexibility index (Phi) is 5.56. The van der Waals surface area contributed by atoms with Crippen molar-refractivity contribution in [2.45, 2.75) is 32.3 Å². The van der Waals surface area contributed by atoms with Gasteiger partial charge in [-0.1, -0.05) is 19.1 Å². The van der Waals surface area contributed by atoms with Crippen LogP contribution < -0.4 is 10.1 Å². The summed E-state index contributed by atoms with van der Waals surface area (Å²) in [6.07, 6.45) is 1.26. The molecule has 0 aliphatic carbocycles. The first-order chi connectivity index (χ1) is 8.50. The minimum atomic E-state index is -0.970. The highest BCUT2D eigenvalue weighted by Gasteiger charge is 2.23. The van der Waals surface area contributed by atoms with E-state index in [1.807, 2.05) is 0 Å². The van der Waals surface area contributed by atoms with Gasteiger partial charge in [0.05, 0.1) is 12.7 Å². The largest absolute Gasteiger partial charge is 0.494 e. The number of rotatable bonds is 7. The smallest absolute Gasteiger partial charge is 0.168 e. The molecule has 1 unspecified atom stereocenters. The number of aliphatic hydroxyl groups is 1. The second kappa shape index (κ2) is 6.71. The summed E-state index contributed by atoms with van der Waals surface area (Å²) in [5, 5.41) is 13.4. The summed E-state index contributed by atoms with van der Waals surface area (Å²) >= 11 is 0. The molecule has 1 atom stereocenters. The molecule has 0 aliphatic rings. The van der Waals surface area contributed by atoms with Crippen LogP contribution in [0, 0.1) is 5.82 Å². The van der Waals surface area contributed by atoms with Gasteiger partial charge in [-0.15, -0.1) is 0 Å². The SMILES string of the molecule is CCCNCC(C)(O)Cc1cccc(OC)c1F. The lowest BCUT2D eigenvalue weighted by Gasteiger charge is -2.24. The average molecular weight is 255 g/mol. The first-order valence-electron chi connectivity index (χ1n) is 6.24. The van der Waals surface area contributed by atoms with Crippen molar-refractivity contribution in [3.8, 4) is 5.75 Å². The predicted molar refractivity (Wildman–Crippen MR) is 70.4 cm³/mol. The molecule has 0 saturated carbocycles. The van der Waals surface area contributed by atoms with Gasteiger partial charge in [0.2, 0.25) is 0 Å². The number of hydrogen-bond donors (Lipinski definition) is 2. The van der Waals surface area contributed by atoms with Gasteiger partial charge < -0.3 is 15.2 Å². The van der Waals surface area contributed by atoms with Gasteiger partial charge in [-0.3, -0.25) is 0 Å². The Hall–Kier alpha value is -1.13. The van der Waals surface area contributed by atoms with Crippen molar-refractivity contribution in [3.05, 3.63) is 29.6 Å². The molecule has 0 amide bonds. The fraction of sp³-hybridized carbons (Fsp3) is 0.571. The Bertz CT molecular complexity index is 380. The van der Waals surface area contributed by atoms with Gasteiger partial charge in [0.15, 0.2) is 11.6 Å². The van der Waals surface area contributed by atoms with Crippen LogP contribution in [0.5, 0.6) is 5.75 Å². The van der Waals surface area contributed by atoms with Gasteiger partial charge in [0.1, 0.15) is 0 Å². The molecule has 18 heavy (non-hydrogen) atoms. The Labute approximate surface area is 108 Å². The summed E-state index contributed by atoms with van der Waals surface area (Å²) in [4.78, 5) is 0. The van der Waals surface area contributed by atoms with Crippen LogP contribution in [-0.4, -0.2) is 30.9 Å². The van der Waals surface area contributed by atoms with Crippen molar-refractivity contribution < 1.29 is 14.2 Å². The minimum Gasteiger partial charge on any atom is -0.494 e. The second-order valence-corrected chi connectivity index (χ2v) is 4.78. The number of hydrogen-bond acceptors (Lipinski definition) is 3. The first kappa shape index (κ1) is 14.9. The van der Waals surface area contributed by atoms with E-state index in [0.29, 0.717) is 12.1 Å². The van der Waals surface area contributed by atoms with Crippen molar-refractivity contribution in [2.75, 3.05) is 20.2 Å². The third-order valence-electron chi connectivity index (χ3n) is 2.77. The molecule has 0 fully saturated rings. The monoisotopic (exact) mass is 255 g/mol. The first-order valence-corrected chi connectivity index (χ1v) is 6.24. The van der Waals surface area contributed by atoms with E-state index in [4.69, 9.17) is 4.74 Å². The number of benzene rings is 1. The maximum Gasteiger partial charge on any atom is 0.168 e. The molecule has 0 heterocycles. The van der Waals surface area contributed by atoms with E-state index < -0.39 is 11.4 Å². The van der Waals surface area contributed by atoms with Crippen LogP contribution in [0.25, 0.3) is 0 Å². The van der Waals surface area contributed by atoms with E-state index in [2.05, 4.69) is 12.2 Å². The minimum absolute atomic E-state index is 0.213. The maximum absolute atomic E-state index is 13.9. The molecular formula is C14H22FNO2. The highest BCUT2D eigenvalue weighted by Crippen LogP contribution is 2.23. The summed E-state index contributed by atoms with van der Waals surface area (Å²) in [7, 11) is 1.43. The summed E-state index contributed by atoms with van der Waals surface area (Å²) in [6, 6.07) is 4.97. The predicted octanol–water partition coefficient (Wildman–Crippen LogP) is 2.13. The molecule has 0 aliphatic heterocycles. The number of nitrogens with one attached hydrogen (secondary N) is 1. The molecule has 1 aromatic rings. The summed E-state index contributed by atoms with van der Waals surface area (Å²) < 4.78 is 18.9. The van der Waals surface area contributed by atoms with Crippen LogP contribution in [-0.2, 0) is 6.42 Å². The number of halogens is 1. The third kappa shape index (κ3) is 4.27. The lowest BCUT2D eigenvalue weighted by atomic mass is 9.96. The van der Waals surface area contributed by atoms with Crippen LogP contribution in [0.3, 0.4) is 0 Å². The van der Waals surface area contributed by atoms with E-state index in [-0.39, 0.29) is 12.2 Å².